The molecule has 14 heavy (non-hydrogen) atoms. The number of carbonyl (C=O) groups excluding carboxylic acids is 1. The zero-order valence-electron chi connectivity index (χ0n) is 8.11. The number of pyridine rings is 1. The molecule has 2 heterocycles. The largest absolute Gasteiger partial charge is 0.325 e. The molecule has 0 bridgehead atoms. The zero-order chi connectivity index (χ0) is 10.1. The standard InChI is InChI=1S/C10H11N3O/c1-7-5-11-10-4-3-9(6-13(7)10)12-8(2)14/h3-6H,1-2H3,(H,12,14). The van der Waals surface area contributed by atoms with E-state index < -0.39 is 0 Å². The van der Waals surface area contributed by atoms with E-state index in [4.69, 9.17) is 0 Å². The minimum atomic E-state index is -0.0675. The lowest BCUT2D eigenvalue weighted by Gasteiger charge is -2.03. The van der Waals surface area contributed by atoms with Crippen LogP contribution in [0.25, 0.3) is 5.65 Å². The molecule has 0 saturated carbocycles. The molecule has 4 heteroatoms. The second-order valence-electron chi connectivity index (χ2n) is 3.23. The number of carbonyl (C=O) groups is 1. The highest BCUT2D eigenvalue weighted by Crippen LogP contribution is 2.11. The molecule has 0 unspecified atom stereocenters. The van der Waals surface area contributed by atoms with Crippen LogP contribution < -0.4 is 5.32 Å². The Morgan fingerprint density at radius 3 is 3.00 bits per heavy atom. The molecule has 2 aromatic rings. The number of hydrogen-bond donors (Lipinski definition) is 1. The molecular weight excluding hydrogens is 178 g/mol. The Labute approximate surface area is 81.6 Å². The highest BCUT2D eigenvalue weighted by molar-refractivity contribution is 5.88. The first-order valence-corrected chi connectivity index (χ1v) is 4.38. The topological polar surface area (TPSA) is 46.4 Å². The summed E-state index contributed by atoms with van der Waals surface area (Å²) in [6, 6.07) is 3.71. The van der Waals surface area contributed by atoms with Gasteiger partial charge in [0.2, 0.25) is 5.91 Å². The van der Waals surface area contributed by atoms with Crippen LogP contribution >= 0.6 is 0 Å². The molecule has 2 rings (SSSR count). The molecule has 0 aliphatic carbocycles. The van der Waals surface area contributed by atoms with Crippen LogP contribution in [-0.4, -0.2) is 15.3 Å². The third-order valence-corrected chi connectivity index (χ3v) is 2.01. The van der Waals surface area contributed by atoms with Gasteiger partial charge >= 0.3 is 0 Å². The van der Waals surface area contributed by atoms with E-state index in [1.165, 1.54) is 6.92 Å². The number of nitrogens with zero attached hydrogens (tertiary/aromatic N) is 2. The molecule has 2 aromatic heterocycles. The van der Waals surface area contributed by atoms with Crippen LogP contribution in [0.2, 0.25) is 0 Å². The molecule has 0 spiro atoms. The first-order chi connectivity index (χ1) is 6.66. The van der Waals surface area contributed by atoms with Gasteiger partial charge in [-0.2, -0.15) is 0 Å². The quantitative estimate of drug-likeness (QED) is 0.740. The fourth-order valence-corrected chi connectivity index (χ4v) is 1.38. The Balaban J connectivity index is 2.49. The van der Waals surface area contributed by atoms with Crippen molar-refractivity contribution < 1.29 is 4.79 Å². The Morgan fingerprint density at radius 1 is 1.50 bits per heavy atom. The van der Waals surface area contributed by atoms with Crippen molar-refractivity contribution in [3.63, 3.8) is 0 Å². The van der Waals surface area contributed by atoms with E-state index in [2.05, 4.69) is 10.3 Å². The fraction of sp³-hybridized carbons (Fsp3) is 0.200. The van der Waals surface area contributed by atoms with Gasteiger partial charge in [0.1, 0.15) is 5.65 Å². The molecule has 0 aliphatic rings. The third kappa shape index (κ3) is 1.46. The van der Waals surface area contributed by atoms with E-state index in [-0.39, 0.29) is 5.91 Å². The van der Waals surface area contributed by atoms with Crippen molar-refractivity contribution in [1.29, 1.82) is 0 Å². The normalized spacial score (nSPS) is 10.4. The summed E-state index contributed by atoms with van der Waals surface area (Å²) in [6.45, 7) is 3.46. The predicted octanol–water partition coefficient (Wildman–Crippen LogP) is 1.60. The number of aromatic nitrogens is 2. The van der Waals surface area contributed by atoms with Crippen LogP contribution in [0.1, 0.15) is 12.6 Å². The van der Waals surface area contributed by atoms with Crippen LogP contribution in [0.15, 0.2) is 24.5 Å². The van der Waals surface area contributed by atoms with Crippen molar-refractivity contribution in [1.82, 2.24) is 9.38 Å². The van der Waals surface area contributed by atoms with Gasteiger partial charge in [-0.05, 0) is 19.1 Å². The van der Waals surface area contributed by atoms with Crippen LogP contribution in [0.5, 0.6) is 0 Å². The van der Waals surface area contributed by atoms with Crippen molar-refractivity contribution >= 4 is 17.2 Å². The lowest BCUT2D eigenvalue weighted by molar-refractivity contribution is -0.114. The SMILES string of the molecule is CC(=O)Nc1ccc2ncc(C)n2c1. The average molecular weight is 189 g/mol. The summed E-state index contributed by atoms with van der Waals surface area (Å²) in [4.78, 5) is 15.0. The number of fused-ring (bicyclic) bond motifs is 1. The first kappa shape index (κ1) is 8.74. The third-order valence-electron chi connectivity index (χ3n) is 2.01. The molecule has 4 nitrogen and oxygen atoms in total. The maximum absolute atomic E-state index is 10.8. The van der Waals surface area contributed by atoms with E-state index >= 15 is 0 Å². The molecule has 72 valence electrons. The summed E-state index contributed by atoms with van der Waals surface area (Å²) >= 11 is 0. The van der Waals surface area contributed by atoms with Crippen LogP contribution in [0, 0.1) is 6.92 Å². The highest BCUT2D eigenvalue weighted by Gasteiger charge is 2.00. The molecule has 0 aromatic carbocycles. The molecular formula is C10H11N3O. The van der Waals surface area contributed by atoms with Crippen LogP contribution in [0.3, 0.4) is 0 Å². The fourth-order valence-electron chi connectivity index (χ4n) is 1.38. The van der Waals surface area contributed by atoms with Gasteiger partial charge in [0.25, 0.3) is 0 Å². The van der Waals surface area contributed by atoms with Gasteiger partial charge in [-0.1, -0.05) is 0 Å². The van der Waals surface area contributed by atoms with Crippen molar-refractivity contribution in [3.8, 4) is 0 Å². The monoisotopic (exact) mass is 189 g/mol. The number of hydrogen-bond acceptors (Lipinski definition) is 2. The Morgan fingerprint density at radius 2 is 2.29 bits per heavy atom. The summed E-state index contributed by atoms with van der Waals surface area (Å²) in [6.07, 6.45) is 3.66. The maximum atomic E-state index is 10.8. The van der Waals surface area contributed by atoms with Crippen molar-refractivity contribution in [2.45, 2.75) is 13.8 Å². The number of aryl methyl sites for hydroxylation is 1. The summed E-state index contributed by atoms with van der Waals surface area (Å²) in [5.41, 5.74) is 2.72. The minimum absolute atomic E-state index is 0.0675. The Kier molecular flexibility index (Phi) is 1.96. The second-order valence-corrected chi connectivity index (χ2v) is 3.23. The van der Waals surface area contributed by atoms with Gasteiger partial charge in [0.15, 0.2) is 0 Å². The number of nitrogens with one attached hydrogen (secondary N) is 1. The van der Waals surface area contributed by atoms with Crippen LogP contribution in [-0.2, 0) is 4.79 Å². The molecule has 0 radical (unpaired) electrons. The van der Waals surface area contributed by atoms with Gasteiger partial charge in [-0.25, -0.2) is 4.98 Å². The lowest BCUT2D eigenvalue weighted by atomic mass is 10.4. The molecule has 0 fully saturated rings. The molecule has 0 atom stereocenters. The van der Waals surface area contributed by atoms with Crippen molar-refractivity contribution in [3.05, 3.63) is 30.2 Å². The van der Waals surface area contributed by atoms with E-state index in [0.717, 1.165) is 17.0 Å². The molecule has 0 saturated heterocycles. The maximum Gasteiger partial charge on any atom is 0.221 e. The van der Waals surface area contributed by atoms with Gasteiger partial charge in [-0.3, -0.25) is 4.79 Å². The zero-order valence-corrected chi connectivity index (χ0v) is 8.11. The summed E-state index contributed by atoms with van der Waals surface area (Å²) < 4.78 is 1.94. The number of imidazole rings is 1. The number of rotatable bonds is 1. The second kappa shape index (κ2) is 3.14. The van der Waals surface area contributed by atoms with Gasteiger partial charge in [-0.15, -0.1) is 0 Å². The first-order valence-electron chi connectivity index (χ1n) is 4.38. The van der Waals surface area contributed by atoms with Crippen molar-refractivity contribution in [2.75, 3.05) is 5.32 Å². The summed E-state index contributed by atoms with van der Waals surface area (Å²) in [5.74, 6) is -0.0675. The molecule has 1 amide bonds. The van der Waals surface area contributed by atoms with Crippen LogP contribution in [0.4, 0.5) is 5.69 Å². The average Bonchev–Trinajstić information content (AvgIpc) is 2.47. The summed E-state index contributed by atoms with van der Waals surface area (Å²) in [5, 5.41) is 2.73. The van der Waals surface area contributed by atoms with Crippen molar-refractivity contribution in [2.24, 2.45) is 0 Å². The lowest BCUT2D eigenvalue weighted by Crippen LogP contribution is -2.06. The number of anilines is 1. The van der Waals surface area contributed by atoms with Gasteiger partial charge < -0.3 is 9.72 Å². The molecule has 0 aliphatic heterocycles. The summed E-state index contributed by atoms with van der Waals surface area (Å²) in [7, 11) is 0. The highest BCUT2D eigenvalue weighted by atomic mass is 16.1. The Bertz CT molecular complexity index is 487. The molecule has 1 N–H and O–H groups in total. The van der Waals surface area contributed by atoms with E-state index in [1.54, 1.807) is 6.20 Å². The van der Waals surface area contributed by atoms with Gasteiger partial charge in [0.05, 0.1) is 5.69 Å². The van der Waals surface area contributed by atoms with E-state index in [9.17, 15) is 4.79 Å². The predicted molar refractivity (Wildman–Crippen MR) is 54.2 cm³/mol. The van der Waals surface area contributed by atoms with E-state index in [1.807, 2.05) is 29.7 Å². The minimum Gasteiger partial charge on any atom is -0.325 e. The Hall–Kier alpha value is -1.84. The smallest absolute Gasteiger partial charge is 0.221 e. The van der Waals surface area contributed by atoms with Gasteiger partial charge in [0, 0.05) is 25.0 Å². The number of amides is 1. The van der Waals surface area contributed by atoms with E-state index in [0.29, 0.717) is 0 Å².